The minimum Gasteiger partial charge on any atom is -0.288 e. The van der Waals surface area contributed by atoms with Gasteiger partial charge in [0.25, 0.3) is 5.91 Å². The lowest BCUT2D eigenvalue weighted by atomic mass is 10.2. The molecular formula is C14H14N2O. The number of anilines is 1. The Bertz CT molecular complexity index is 482. The number of carbonyl (C=O) groups is 1. The Morgan fingerprint density at radius 1 is 0.941 bits per heavy atom. The van der Waals surface area contributed by atoms with Crippen LogP contribution in [0.25, 0.3) is 0 Å². The molecule has 0 radical (unpaired) electrons. The monoisotopic (exact) mass is 226 g/mol. The third kappa shape index (κ3) is 2.84. The number of hydrogen-bond donors (Lipinski definition) is 1. The molecule has 0 spiro atoms. The Balaban J connectivity index is 2.05. The van der Waals surface area contributed by atoms with E-state index in [0.29, 0.717) is 5.56 Å². The summed E-state index contributed by atoms with van der Waals surface area (Å²) in [4.78, 5) is 11.9. The second-order valence-corrected chi connectivity index (χ2v) is 3.70. The van der Waals surface area contributed by atoms with Crippen molar-refractivity contribution < 1.29 is 4.79 Å². The van der Waals surface area contributed by atoms with Crippen molar-refractivity contribution in [3.05, 3.63) is 66.2 Å². The first kappa shape index (κ1) is 11.2. The van der Waals surface area contributed by atoms with Gasteiger partial charge in [0.2, 0.25) is 0 Å². The predicted octanol–water partition coefficient (Wildman–Crippen LogP) is 2.47. The third-order valence-electron chi connectivity index (χ3n) is 2.45. The van der Waals surface area contributed by atoms with Crippen LogP contribution in [-0.2, 0) is 0 Å². The van der Waals surface area contributed by atoms with E-state index in [0.717, 1.165) is 5.69 Å². The van der Waals surface area contributed by atoms with Gasteiger partial charge in [-0.3, -0.25) is 15.2 Å². The van der Waals surface area contributed by atoms with Crippen LogP contribution in [0.1, 0.15) is 10.4 Å². The molecule has 0 aliphatic carbocycles. The zero-order chi connectivity index (χ0) is 12.1. The van der Waals surface area contributed by atoms with E-state index in [1.54, 1.807) is 17.1 Å². The maximum Gasteiger partial charge on any atom is 0.269 e. The number of nitrogens with one attached hydrogen (secondary N) is 1. The summed E-state index contributed by atoms with van der Waals surface area (Å²) in [6.07, 6.45) is 0. The summed E-state index contributed by atoms with van der Waals surface area (Å²) in [5.74, 6) is -0.114. The van der Waals surface area contributed by atoms with Crippen molar-refractivity contribution in [2.75, 3.05) is 12.1 Å². The number of hydrazine groups is 1. The Hall–Kier alpha value is -2.29. The molecule has 0 aromatic heterocycles. The molecule has 0 fully saturated rings. The van der Waals surface area contributed by atoms with Crippen molar-refractivity contribution in [3.63, 3.8) is 0 Å². The van der Waals surface area contributed by atoms with Gasteiger partial charge in [-0.05, 0) is 24.3 Å². The molecule has 17 heavy (non-hydrogen) atoms. The Morgan fingerprint density at radius 2 is 1.47 bits per heavy atom. The molecule has 86 valence electrons. The molecule has 0 aliphatic heterocycles. The highest BCUT2D eigenvalue weighted by Gasteiger charge is 2.07. The fourth-order valence-electron chi connectivity index (χ4n) is 1.52. The summed E-state index contributed by atoms with van der Waals surface area (Å²) in [5.41, 5.74) is 4.40. The van der Waals surface area contributed by atoms with E-state index < -0.39 is 0 Å². The predicted molar refractivity (Wildman–Crippen MR) is 68.8 cm³/mol. The van der Waals surface area contributed by atoms with E-state index in [1.807, 2.05) is 55.6 Å². The van der Waals surface area contributed by atoms with Crippen molar-refractivity contribution in [1.82, 2.24) is 5.43 Å². The van der Waals surface area contributed by atoms with Gasteiger partial charge in [-0.1, -0.05) is 36.4 Å². The molecule has 2 rings (SSSR count). The summed E-state index contributed by atoms with van der Waals surface area (Å²) >= 11 is 0. The van der Waals surface area contributed by atoms with Gasteiger partial charge in [0.15, 0.2) is 0 Å². The second-order valence-electron chi connectivity index (χ2n) is 3.70. The van der Waals surface area contributed by atoms with Crippen LogP contribution >= 0.6 is 0 Å². The number of nitrogens with zero attached hydrogens (tertiary/aromatic N) is 1. The first-order chi connectivity index (χ1) is 8.27. The van der Waals surface area contributed by atoms with Gasteiger partial charge in [0, 0.05) is 12.6 Å². The third-order valence-corrected chi connectivity index (χ3v) is 2.45. The number of benzene rings is 2. The van der Waals surface area contributed by atoms with Gasteiger partial charge >= 0.3 is 0 Å². The van der Waals surface area contributed by atoms with Gasteiger partial charge in [-0.25, -0.2) is 0 Å². The molecule has 1 N–H and O–H groups in total. The van der Waals surface area contributed by atoms with Crippen LogP contribution < -0.4 is 10.4 Å². The fourth-order valence-corrected chi connectivity index (χ4v) is 1.52. The highest BCUT2D eigenvalue weighted by Crippen LogP contribution is 2.09. The number of amides is 1. The molecule has 0 saturated carbocycles. The molecular weight excluding hydrogens is 212 g/mol. The minimum atomic E-state index is -0.114. The molecule has 3 heteroatoms. The van der Waals surface area contributed by atoms with Crippen LogP contribution in [0.5, 0.6) is 0 Å². The number of hydrogen-bond acceptors (Lipinski definition) is 2. The van der Waals surface area contributed by atoms with Crippen LogP contribution in [0, 0.1) is 0 Å². The van der Waals surface area contributed by atoms with Crippen molar-refractivity contribution in [2.45, 2.75) is 0 Å². The zero-order valence-electron chi connectivity index (χ0n) is 9.63. The van der Waals surface area contributed by atoms with Crippen LogP contribution in [0.15, 0.2) is 60.7 Å². The van der Waals surface area contributed by atoms with E-state index >= 15 is 0 Å². The highest BCUT2D eigenvalue weighted by molar-refractivity contribution is 5.94. The minimum absolute atomic E-state index is 0.114. The van der Waals surface area contributed by atoms with E-state index in [1.165, 1.54) is 0 Å². The molecule has 0 aliphatic rings. The van der Waals surface area contributed by atoms with Crippen molar-refractivity contribution in [1.29, 1.82) is 0 Å². The molecule has 0 saturated heterocycles. The molecule has 0 bridgehead atoms. The van der Waals surface area contributed by atoms with Gasteiger partial charge in [0.1, 0.15) is 0 Å². The normalized spacial score (nSPS) is 9.71. The maximum absolute atomic E-state index is 11.9. The standard InChI is InChI=1S/C14H14N2O/c1-16(13-10-6-3-7-11-13)15-14(17)12-8-4-2-5-9-12/h2-11H,1H3,(H,15,17). The first-order valence-corrected chi connectivity index (χ1v) is 5.42. The highest BCUT2D eigenvalue weighted by atomic mass is 16.2. The summed E-state index contributed by atoms with van der Waals surface area (Å²) < 4.78 is 0. The Labute approximate surface area is 101 Å². The van der Waals surface area contributed by atoms with Gasteiger partial charge in [0.05, 0.1) is 5.69 Å². The average molecular weight is 226 g/mol. The van der Waals surface area contributed by atoms with E-state index in [2.05, 4.69) is 5.43 Å². The van der Waals surface area contributed by atoms with Gasteiger partial charge < -0.3 is 0 Å². The lowest BCUT2D eigenvalue weighted by Gasteiger charge is -2.20. The maximum atomic E-state index is 11.9. The number of carbonyl (C=O) groups excluding carboxylic acids is 1. The molecule has 1 amide bonds. The SMILES string of the molecule is CN(NC(=O)c1ccccc1)c1ccccc1. The first-order valence-electron chi connectivity index (χ1n) is 5.42. The van der Waals surface area contributed by atoms with Crippen LogP contribution in [0.4, 0.5) is 5.69 Å². The Kier molecular flexibility index (Phi) is 3.40. The van der Waals surface area contributed by atoms with Gasteiger partial charge in [-0.2, -0.15) is 0 Å². The van der Waals surface area contributed by atoms with Gasteiger partial charge in [-0.15, -0.1) is 0 Å². The number of rotatable bonds is 3. The van der Waals surface area contributed by atoms with Crippen LogP contribution in [0.2, 0.25) is 0 Å². The van der Waals surface area contributed by atoms with E-state index in [-0.39, 0.29) is 5.91 Å². The lowest BCUT2D eigenvalue weighted by Crippen LogP contribution is -2.39. The van der Waals surface area contributed by atoms with Crippen LogP contribution in [-0.4, -0.2) is 13.0 Å². The van der Waals surface area contributed by atoms with Crippen molar-refractivity contribution in [2.24, 2.45) is 0 Å². The summed E-state index contributed by atoms with van der Waals surface area (Å²) in [7, 11) is 1.82. The zero-order valence-corrected chi connectivity index (χ0v) is 9.63. The van der Waals surface area contributed by atoms with Crippen LogP contribution in [0.3, 0.4) is 0 Å². The summed E-state index contributed by atoms with van der Waals surface area (Å²) in [6.45, 7) is 0. The molecule has 2 aromatic rings. The van der Waals surface area contributed by atoms with E-state index in [4.69, 9.17) is 0 Å². The van der Waals surface area contributed by atoms with Crippen molar-refractivity contribution in [3.8, 4) is 0 Å². The fraction of sp³-hybridized carbons (Fsp3) is 0.0714. The second kappa shape index (κ2) is 5.16. The Morgan fingerprint density at radius 3 is 2.06 bits per heavy atom. The largest absolute Gasteiger partial charge is 0.288 e. The van der Waals surface area contributed by atoms with E-state index in [9.17, 15) is 4.79 Å². The molecule has 0 atom stereocenters. The number of para-hydroxylation sites is 1. The van der Waals surface area contributed by atoms with Crippen molar-refractivity contribution >= 4 is 11.6 Å². The summed E-state index contributed by atoms with van der Waals surface area (Å²) in [5, 5.41) is 1.70. The summed E-state index contributed by atoms with van der Waals surface area (Å²) in [6, 6.07) is 18.8. The lowest BCUT2D eigenvalue weighted by molar-refractivity contribution is 0.0951. The molecule has 3 nitrogen and oxygen atoms in total. The smallest absolute Gasteiger partial charge is 0.269 e. The average Bonchev–Trinajstić information content (AvgIpc) is 2.40. The quantitative estimate of drug-likeness (QED) is 0.815. The molecule has 0 unspecified atom stereocenters. The molecule has 2 aromatic carbocycles. The molecule has 0 heterocycles. The topological polar surface area (TPSA) is 32.3 Å².